The van der Waals surface area contributed by atoms with Crippen LogP contribution in [0.5, 0.6) is 5.75 Å². The van der Waals surface area contributed by atoms with Crippen LogP contribution in [0, 0.1) is 0 Å². The molecule has 0 unspecified atom stereocenters. The molecule has 3 aromatic carbocycles. The average Bonchev–Trinajstić information content (AvgIpc) is 2.83. The third-order valence-corrected chi connectivity index (χ3v) is 5.78. The number of halogens is 4. The highest BCUT2D eigenvalue weighted by molar-refractivity contribution is 6.45. The molecule has 3 amide bonds. The van der Waals surface area contributed by atoms with Crippen LogP contribution < -0.4 is 20.8 Å². The molecule has 0 spiro atoms. The summed E-state index contributed by atoms with van der Waals surface area (Å²) in [5, 5.41) is 9.77. The van der Waals surface area contributed by atoms with Gasteiger partial charge in [0.15, 0.2) is 6.61 Å². The molecule has 8 nitrogen and oxygen atoms in total. The first-order chi connectivity index (χ1) is 16.7. The number of benzene rings is 3. The van der Waals surface area contributed by atoms with E-state index in [-0.39, 0.29) is 22.3 Å². The number of anilines is 2. The second kappa shape index (κ2) is 12.4. The summed E-state index contributed by atoms with van der Waals surface area (Å²) in [6.07, 6.45) is 1.31. The average molecular weight is 554 g/mol. The maximum atomic E-state index is 12.1. The summed E-state index contributed by atoms with van der Waals surface area (Å²) in [5.41, 5.74) is 3.32. The van der Waals surface area contributed by atoms with Gasteiger partial charge >= 0.3 is 11.8 Å². The van der Waals surface area contributed by atoms with Crippen LogP contribution in [0.3, 0.4) is 0 Å². The van der Waals surface area contributed by atoms with Gasteiger partial charge in [0.2, 0.25) is 0 Å². The van der Waals surface area contributed by atoms with E-state index < -0.39 is 17.7 Å². The Bertz CT molecular complexity index is 1300. The van der Waals surface area contributed by atoms with Gasteiger partial charge in [-0.15, -0.1) is 0 Å². The van der Waals surface area contributed by atoms with E-state index in [0.29, 0.717) is 27.0 Å². The van der Waals surface area contributed by atoms with Crippen LogP contribution in [0.1, 0.15) is 5.56 Å². The molecule has 0 atom stereocenters. The first-order valence-electron chi connectivity index (χ1n) is 9.79. The Morgan fingerprint density at radius 3 is 2.37 bits per heavy atom. The van der Waals surface area contributed by atoms with Gasteiger partial charge in [0.1, 0.15) is 5.75 Å². The second-order valence-corrected chi connectivity index (χ2v) is 8.39. The molecule has 0 saturated carbocycles. The third kappa shape index (κ3) is 7.87. The number of nitrogens with zero attached hydrogens (tertiary/aromatic N) is 1. The van der Waals surface area contributed by atoms with E-state index in [1.807, 2.05) is 0 Å². The predicted molar refractivity (Wildman–Crippen MR) is 138 cm³/mol. The molecule has 3 rings (SSSR count). The summed E-state index contributed by atoms with van der Waals surface area (Å²) in [7, 11) is 0. The number of carbonyl (C=O) groups is 3. The number of amides is 3. The highest BCUT2D eigenvalue weighted by atomic mass is 35.5. The molecule has 0 saturated heterocycles. The molecular weight excluding hydrogens is 538 g/mol. The molecule has 0 aromatic heterocycles. The van der Waals surface area contributed by atoms with Crippen LogP contribution in [0.15, 0.2) is 65.8 Å². The van der Waals surface area contributed by atoms with Gasteiger partial charge in [-0.05, 0) is 48.0 Å². The van der Waals surface area contributed by atoms with Crippen molar-refractivity contribution in [3.63, 3.8) is 0 Å². The lowest BCUT2D eigenvalue weighted by atomic mass is 10.2. The predicted octanol–water partition coefficient (Wildman–Crippen LogP) is 5.41. The lowest BCUT2D eigenvalue weighted by molar-refractivity contribution is -0.136. The number of hydrogen-bond donors (Lipinski definition) is 3. The second-order valence-electron chi connectivity index (χ2n) is 6.79. The van der Waals surface area contributed by atoms with Crippen molar-refractivity contribution >= 4 is 81.7 Å². The molecule has 0 heterocycles. The van der Waals surface area contributed by atoms with E-state index in [9.17, 15) is 14.4 Å². The zero-order valence-electron chi connectivity index (χ0n) is 17.7. The molecule has 12 heteroatoms. The van der Waals surface area contributed by atoms with Gasteiger partial charge in [0.05, 0.1) is 32.0 Å². The fourth-order valence-corrected chi connectivity index (χ4v) is 3.25. The number of rotatable bonds is 7. The van der Waals surface area contributed by atoms with Crippen LogP contribution in [-0.4, -0.2) is 30.5 Å². The largest absolute Gasteiger partial charge is 0.484 e. The van der Waals surface area contributed by atoms with E-state index in [1.165, 1.54) is 18.3 Å². The summed E-state index contributed by atoms with van der Waals surface area (Å²) in [6, 6.07) is 15.9. The van der Waals surface area contributed by atoms with Crippen molar-refractivity contribution < 1.29 is 19.1 Å². The van der Waals surface area contributed by atoms with Crippen LogP contribution in [-0.2, 0) is 14.4 Å². The van der Waals surface area contributed by atoms with Gasteiger partial charge < -0.3 is 15.4 Å². The minimum atomic E-state index is -1.01. The van der Waals surface area contributed by atoms with E-state index in [2.05, 4.69) is 21.2 Å². The lowest BCUT2D eigenvalue weighted by Gasteiger charge is -2.09. The highest BCUT2D eigenvalue weighted by Gasteiger charge is 2.15. The zero-order chi connectivity index (χ0) is 25.4. The van der Waals surface area contributed by atoms with Crippen molar-refractivity contribution in [3.05, 3.63) is 86.3 Å². The van der Waals surface area contributed by atoms with Crippen molar-refractivity contribution in [1.29, 1.82) is 0 Å². The number of ether oxygens (including phenoxy) is 1. The molecule has 0 bridgehead atoms. The summed E-state index contributed by atoms with van der Waals surface area (Å²) in [5.74, 6) is -2.00. The van der Waals surface area contributed by atoms with Gasteiger partial charge in [-0.3, -0.25) is 14.4 Å². The molecule has 3 N–H and O–H groups in total. The van der Waals surface area contributed by atoms with E-state index in [4.69, 9.17) is 51.1 Å². The Morgan fingerprint density at radius 1 is 0.829 bits per heavy atom. The van der Waals surface area contributed by atoms with Gasteiger partial charge in [0.25, 0.3) is 5.91 Å². The molecule has 0 aliphatic rings. The summed E-state index contributed by atoms with van der Waals surface area (Å²) < 4.78 is 5.48. The van der Waals surface area contributed by atoms with Crippen LogP contribution in [0.4, 0.5) is 11.4 Å². The first kappa shape index (κ1) is 26.3. The maximum absolute atomic E-state index is 12.1. The van der Waals surface area contributed by atoms with Crippen molar-refractivity contribution in [1.82, 2.24) is 5.43 Å². The Balaban J connectivity index is 1.50. The van der Waals surface area contributed by atoms with Gasteiger partial charge in [0, 0.05) is 5.69 Å². The molecular formula is C23H16Cl4N4O4. The van der Waals surface area contributed by atoms with Crippen LogP contribution in [0.25, 0.3) is 0 Å². The summed E-state index contributed by atoms with van der Waals surface area (Å²) >= 11 is 23.6. The highest BCUT2D eigenvalue weighted by Crippen LogP contribution is 2.29. The van der Waals surface area contributed by atoms with E-state index in [1.54, 1.807) is 48.5 Å². The van der Waals surface area contributed by atoms with Gasteiger partial charge in [-0.25, -0.2) is 5.43 Å². The van der Waals surface area contributed by atoms with E-state index >= 15 is 0 Å². The van der Waals surface area contributed by atoms with Gasteiger partial charge in [-0.2, -0.15) is 5.10 Å². The third-order valence-electron chi connectivity index (χ3n) is 4.22. The Kier molecular flexibility index (Phi) is 9.33. The first-order valence-corrected chi connectivity index (χ1v) is 11.3. The van der Waals surface area contributed by atoms with Crippen LogP contribution >= 0.6 is 46.4 Å². The minimum absolute atomic E-state index is 0.112. The molecule has 0 radical (unpaired) electrons. The monoisotopic (exact) mass is 552 g/mol. The molecule has 0 aliphatic carbocycles. The smallest absolute Gasteiger partial charge is 0.329 e. The summed E-state index contributed by atoms with van der Waals surface area (Å²) in [4.78, 5) is 36.1. The maximum Gasteiger partial charge on any atom is 0.329 e. The zero-order valence-corrected chi connectivity index (χ0v) is 20.7. The number of nitrogens with one attached hydrogen (secondary N) is 3. The Labute approximate surface area is 220 Å². The SMILES string of the molecule is O=C(COc1cccc(/C=N\NC(=O)C(=O)Nc2cccc(Cl)c2Cl)c1)Nc1ccc(Cl)c(Cl)c1. The van der Waals surface area contributed by atoms with Crippen LogP contribution in [0.2, 0.25) is 20.1 Å². The molecule has 0 fully saturated rings. The topological polar surface area (TPSA) is 109 Å². The fourth-order valence-electron chi connectivity index (χ4n) is 2.60. The normalized spacial score (nSPS) is 10.6. The van der Waals surface area contributed by atoms with Crippen molar-refractivity contribution in [2.24, 2.45) is 5.10 Å². The quantitative estimate of drug-likeness (QED) is 0.206. The summed E-state index contributed by atoms with van der Waals surface area (Å²) in [6.45, 7) is -0.260. The van der Waals surface area contributed by atoms with Crippen molar-refractivity contribution in [3.8, 4) is 5.75 Å². The lowest BCUT2D eigenvalue weighted by Crippen LogP contribution is -2.32. The molecule has 35 heavy (non-hydrogen) atoms. The fraction of sp³-hybridized carbons (Fsp3) is 0.0435. The number of carbonyl (C=O) groups excluding carboxylic acids is 3. The Morgan fingerprint density at radius 2 is 1.60 bits per heavy atom. The Hall–Kier alpha value is -3.30. The van der Waals surface area contributed by atoms with Crippen molar-refractivity contribution in [2.45, 2.75) is 0 Å². The van der Waals surface area contributed by atoms with Crippen molar-refractivity contribution in [2.75, 3.05) is 17.2 Å². The van der Waals surface area contributed by atoms with Gasteiger partial charge in [-0.1, -0.05) is 64.6 Å². The number of hydrogen-bond acceptors (Lipinski definition) is 5. The molecule has 3 aromatic rings. The molecule has 180 valence electrons. The minimum Gasteiger partial charge on any atom is -0.484 e. The standard InChI is InChI=1S/C23H16Cl4N4O4/c24-16-8-7-14(10-18(16)26)29-20(32)12-35-15-4-1-3-13(9-15)11-28-31-23(34)22(33)30-19-6-2-5-17(25)21(19)27/h1-11H,12H2,(H,29,32)(H,30,33)(H,31,34)/b28-11-. The number of hydrazone groups is 1. The molecule has 0 aliphatic heterocycles. The van der Waals surface area contributed by atoms with E-state index in [0.717, 1.165) is 0 Å².